The maximum atomic E-state index is 12.9. The second kappa shape index (κ2) is 6.88. The van der Waals surface area contributed by atoms with Crippen molar-refractivity contribution in [3.8, 4) is 6.07 Å². The molecule has 0 aliphatic carbocycles. The number of aliphatic imine (C=N–C) groups is 1. The lowest BCUT2D eigenvalue weighted by atomic mass is 10.0. The van der Waals surface area contributed by atoms with Gasteiger partial charge in [-0.05, 0) is 19.1 Å². The highest BCUT2D eigenvalue weighted by Gasteiger charge is 2.32. The first-order chi connectivity index (χ1) is 13.6. The Kier molecular flexibility index (Phi) is 4.25. The quantitative estimate of drug-likeness (QED) is 0.693. The number of fused-ring (bicyclic) bond motifs is 1. The Labute approximate surface area is 159 Å². The molecule has 3 aromatic rings. The van der Waals surface area contributed by atoms with E-state index >= 15 is 0 Å². The molecule has 2 atom stereocenters. The summed E-state index contributed by atoms with van der Waals surface area (Å²) in [4.78, 5) is 33.4. The monoisotopic (exact) mass is 373 g/mol. The van der Waals surface area contributed by atoms with Crippen LogP contribution >= 0.6 is 0 Å². The van der Waals surface area contributed by atoms with E-state index in [1.165, 1.54) is 12.7 Å². The molecular weight excluding hydrogens is 358 g/mol. The Balaban J connectivity index is 1.74. The van der Waals surface area contributed by atoms with Crippen LogP contribution in [0.3, 0.4) is 0 Å². The topological polar surface area (TPSA) is 148 Å². The lowest BCUT2D eigenvalue weighted by Crippen LogP contribution is -2.38. The molecule has 0 fully saturated rings. The van der Waals surface area contributed by atoms with E-state index in [1.807, 2.05) is 13.0 Å². The van der Waals surface area contributed by atoms with E-state index in [4.69, 9.17) is 5.73 Å². The summed E-state index contributed by atoms with van der Waals surface area (Å²) >= 11 is 0. The van der Waals surface area contributed by atoms with Crippen molar-refractivity contribution in [3.63, 3.8) is 0 Å². The molecule has 2 unspecified atom stereocenters. The van der Waals surface area contributed by atoms with Crippen LogP contribution in [-0.4, -0.2) is 42.2 Å². The van der Waals surface area contributed by atoms with Gasteiger partial charge in [-0.3, -0.25) is 9.79 Å². The van der Waals surface area contributed by atoms with Crippen molar-refractivity contribution in [1.82, 2.24) is 24.5 Å². The van der Waals surface area contributed by atoms with E-state index in [1.54, 1.807) is 35.3 Å². The number of hydrogen-bond acceptors (Lipinski definition) is 9. The maximum Gasteiger partial charge on any atom is 0.208 e. The summed E-state index contributed by atoms with van der Waals surface area (Å²) in [7, 11) is 0. The zero-order valence-electron chi connectivity index (χ0n) is 14.8. The highest BCUT2D eigenvalue weighted by Crippen LogP contribution is 2.27. The fourth-order valence-corrected chi connectivity index (χ4v) is 3.06. The first-order valence-corrected chi connectivity index (χ1v) is 8.41. The minimum absolute atomic E-state index is 0.0916. The van der Waals surface area contributed by atoms with Gasteiger partial charge in [-0.2, -0.15) is 5.26 Å². The van der Waals surface area contributed by atoms with Crippen molar-refractivity contribution in [2.24, 2.45) is 4.99 Å². The van der Waals surface area contributed by atoms with Gasteiger partial charge in [-0.25, -0.2) is 19.9 Å². The number of hydrogen-bond donors (Lipinski definition) is 2. The predicted molar refractivity (Wildman–Crippen MR) is 101 cm³/mol. The molecule has 138 valence electrons. The number of aromatic nitrogens is 5. The van der Waals surface area contributed by atoms with Gasteiger partial charge in [0.25, 0.3) is 0 Å². The highest BCUT2D eigenvalue weighted by molar-refractivity contribution is 6.08. The van der Waals surface area contributed by atoms with Crippen LogP contribution in [0.1, 0.15) is 34.6 Å². The molecule has 0 spiro atoms. The average molecular weight is 373 g/mol. The number of nitrogen functional groups attached to an aromatic ring is 1. The molecule has 10 nitrogen and oxygen atoms in total. The number of carbonyl (C=O) groups excluding carboxylic acids is 1. The van der Waals surface area contributed by atoms with Crippen LogP contribution in [0.5, 0.6) is 0 Å². The molecule has 0 saturated heterocycles. The Morgan fingerprint density at radius 2 is 2.07 bits per heavy atom. The zero-order valence-corrected chi connectivity index (χ0v) is 14.8. The zero-order chi connectivity index (χ0) is 19.7. The average Bonchev–Trinajstić information content (AvgIpc) is 3.19. The molecule has 1 aliphatic heterocycles. The molecule has 3 aromatic heterocycles. The van der Waals surface area contributed by atoms with Crippen molar-refractivity contribution in [2.75, 3.05) is 11.1 Å². The first-order valence-electron chi connectivity index (χ1n) is 8.41. The SMILES string of the molecule is CC(Nc1ncnc(N)c1C#N)C1=NC(c2cncnc2)C(=O)c2cccn21. The molecule has 10 heteroatoms. The summed E-state index contributed by atoms with van der Waals surface area (Å²) < 4.78 is 1.72. The molecule has 0 bridgehead atoms. The van der Waals surface area contributed by atoms with Crippen LogP contribution < -0.4 is 11.1 Å². The normalized spacial score (nSPS) is 16.6. The minimum Gasteiger partial charge on any atom is -0.382 e. The third-order valence-electron chi connectivity index (χ3n) is 4.38. The molecule has 0 amide bonds. The van der Waals surface area contributed by atoms with Gasteiger partial charge < -0.3 is 15.6 Å². The van der Waals surface area contributed by atoms with E-state index in [2.05, 4.69) is 30.2 Å². The second-order valence-corrected chi connectivity index (χ2v) is 6.15. The lowest BCUT2D eigenvalue weighted by molar-refractivity contribution is 0.0951. The van der Waals surface area contributed by atoms with E-state index in [9.17, 15) is 10.1 Å². The Morgan fingerprint density at radius 3 is 2.82 bits per heavy atom. The fraction of sp³-hybridized carbons (Fsp3) is 0.167. The van der Waals surface area contributed by atoms with Crippen molar-refractivity contribution >= 4 is 23.3 Å². The molecule has 0 aromatic carbocycles. The molecule has 0 saturated carbocycles. The number of rotatable bonds is 4. The van der Waals surface area contributed by atoms with E-state index in [0.29, 0.717) is 22.9 Å². The van der Waals surface area contributed by atoms with Crippen molar-refractivity contribution < 1.29 is 4.79 Å². The highest BCUT2D eigenvalue weighted by atomic mass is 16.1. The van der Waals surface area contributed by atoms with Gasteiger partial charge in [0.2, 0.25) is 5.78 Å². The molecule has 3 N–H and O–H groups in total. The van der Waals surface area contributed by atoms with Crippen LogP contribution in [0.2, 0.25) is 0 Å². The maximum absolute atomic E-state index is 12.9. The van der Waals surface area contributed by atoms with Gasteiger partial charge in [-0.15, -0.1) is 0 Å². The lowest BCUT2D eigenvalue weighted by Gasteiger charge is -2.26. The summed E-state index contributed by atoms with van der Waals surface area (Å²) in [6.45, 7) is 1.86. The smallest absolute Gasteiger partial charge is 0.208 e. The number of nitrogens with one attached hydrogen (secondary N) is 1. The Morgan fingerprint density at radius 1 is 1.29 bits per heavy atom. The van der Waals surface area contributed by atoms with Gasteiger partial charge in [0.05, 0.1) is 11.7 Å². The van der Waals surface area contributed by atoms with Crippen molar-refractivity contribution in [3.05, 3.63) is 60.2 Å². The Bertz CT molecular complexity index is 1110. The molecule has 4 rings (SSSR count). The van der Waals surface area contributed by atoms with E-state index in [-0.39, 0.29) is 23.2 Å². The number of carbonyl (C=O) groups is 1. The minimum atomic E-state index is -0.742. The van der Waals surface area contributed by atoms with Crippen molar-refractivity contribution in [2.45, 2.75) is 19.0 Å². The van der Waals surface area contributed by atoms with Gasteiger partial charge in [0.1, 0.15) is 47.8 Å². The number of Topliss-reactive ketones (excluding diaryl/α,β-unsaturated/α-hetero) is 1. The van der Waals surface area contributed by atoms with Gasteiger partial charge in [0.15, 0.2) is 0 Å². The molecule has 1 aliphatic rings. The van der Waals surface area contributed by atoms with Gasteiger partial charge >= 0.3 is 0 Å². The Hall–Kier alpha value is -4.13. The third kappa shape index (κ3) is 2.84. The van der Waals surface area contributed by atoms with Gasteiger partial charge in [-0.1, -0.05) is 0 Å². The van der Waals surface area contributed by atoms with E-state index in [0.717, 1.165) is 0 Å². The standard InChI is InChI=1S/C18H15N9O/c1-10(25-17-12(5-19)16(20)23-9-24-17)18-26-14(11-6-21-8-22-7-11)15(28)13-3-2-4-27(13)18/h2-4,6-10,14H,1H3,(H3,20,23,24,25). The summed E-state index contributed by atoms with van der Waals surface area (Å²) in [6, 6.07) is 4.40. The van der Waals surface area contributed by atoms with Crippen molar-refractivity contribution in [1.29, 1.82) is 5.26 Å². The van der Waals surface area contributed by atoms with Crippen LogP contribution in [-0.2, 0) is 0 Å². The van der Waals surface area contributed by atoms with Crippen LogP contribution in [0.4, 0.5) is 11.6 Å². The number of nitriles is 1. The number of nitrogens with two attached hydrogens (primary N) is 1. The van der Waals surface area contributed by atoms with Gasteiger partial charge in [0, 0.05) is 24.2 Å². The first kappa shape index (κ1) is 17.3. The summed E-state index contributed by atoms with van der Waals surface area (Å²) in [5.41, 5.74) is 7.02. The molecule has 0 radical (unpaired) electrons. The second-order valence-electron chi connectivity index (χ2n) is 6.15. The van der Waals surface area contributed by atoms with Crippen LogP contribution in [0.25, 0.3) is 0 Å². The molecule has 4 heterocycles. The van der Waals surface area contributed by atoms with Crippen LogP contribution in [0, 0.1) is 11.3 Å². The number of ketones is 1. The largest absolute Gasteiger partial charge is 0.382 e. The number of anilines is 2. The fourth-order valence-electron chi connectivity index (χ4n) is 3.06. The van der Waals surface area contributed by atoms with E-state index < -0.39 is 6.04 Å². The predicted octanol–water partition coefficient (Wildman–Crippen LogP) is 1.21. The molecule has 28 heavy (non-hydrogen) atoms. The van der Waals surface area contributed by atoms with Crippen LogP contribution in [0.15, 0.2) is 48.4 Å². The summed E-state index contributed by atoms with van der Waals surface area (Å²) in [6.07, 6.45) is 7.60. The third-order valence-corrected chi connectivity index (χ3v) is 4.38. The summed E-state index contributed by atoms with van der Waals surface area (Å²) in [5.74, 6) is 0.846. The number of nitrogens with zero attached hydrogens (tertiary/aromatic N) is 7. The molecular formula is C18H15N9O. The summed E-state index contributed by atoms with van der Waals surface area (Å²) in [5, 5.41) is 12.5.